The third-order valence-corrected chi connectivity index (χ3v) is 5.03. The summed E-state index contributed by atoms with van der Waals surface area (Å²) in [6.07, 6.45) is -2.02. The van der Waals surface area contributed by atoms with Crippen molar-refractivity contribution in [3.63, 3.8) is 0 Å². The quantitative estimate of drug-likeness (QED) is 0.809. The van der Waals surface area contributed by atoms with E-state index in [-0.39, 0.29) is 26.1 Å². The molecule has 2 aliphatic rings. The van der Waals surface area contributed by atoms with E-state index in [2.05, 4.69) is 0 Å². The number of carbonyl (C=O) groups is 1. The monoisotopic (exact) mass is 384 g/mol. The fourth-order valence-electron chi connectivity index (χ4n) is 3.56. The maximum atomic E-state index is 14.4. The molecule has 1 aromatic rings. The molecule has 0 bridgehead atoms. The van der Waals surface area contributed by atoms with Gasteiger partial charge in [-0.2, -0.15) is 0 Å². The van der Waals surface area contributed by atoms with Crippen LogP contribution in [0.2, 0.25) is 0 Å². The van der Waals surface area contributed by atoms with E-state index in [1.165, 1.54) is 4.90 Å². The molecule has 2 aliphatic heterocycles. The van der Waals surface area contributed by atoms with Crippen LogP contribution in [0, 0.1) is 0 Å². The molecule has 2 heterocycles. The third-order valence-electron chi connectivity index (χ3n) is 5.03. The van der Waals surface area contributed by atoms with Gasteiger partial charge in [-0.25, -0.2) is 13.6 Å². The van der Waals surface area contributed by atoms with Crippen molar-refractivity contribution in [2.75, 3.05) is 19.6 Å². The molecular formula is C19H26F2N2O4. The van der Waals surface area contributed by atoms with Crippen LogP contribution in [0.1, 0.15) is 32.8 Å². The van der Waals surface area contributed by atoms with Crippen molar-refractivity contribution < 1.29 is 28.2 Å². The Morgan fingerprint density at radius 2 is 1.93 bits per heavy atom. The highest BCUT2D eigenvalue weighted by atomic mass is 19.3. The standard InChI is InChI=1S/C19H26F2N2O4/c1-17(2,3)27-15(24)22-10-9-18(12-22)19(20,21)13-23(18)16(25)26-11-14-7-5-4-6-8-14/h4-8,15,24H,9-13H2,1-3H3. The van der Waals surface area contributed by atoms with Gasteiger partial charge in [0, 0.05) is 13.1 Å². The first-order valence-electron chi connectivity index (χ1n) is 9.00. The van der Waals surface area contributed by atoms with Gasteiger partial charge in [-0.1, -0.05) is 30.3 Å². The smallest absolute Gasteiger partial charge is 0.411 e. The molecule has 0 saturated carbocycles. The topological polar surface area (TPSA) is 62.2 Å². The number of rotatable bonds is 4. The zero-order valence-corrected chi connectivity index (χ0v) is 15.8. The largest absolute Gasteiger partial charge is 0.445 e. The van der Waals surface area contributed by atoms with Crippen LogP contribution in [-0.2, 0) is 16.1 Å². The number of aliphatic hydroxyl groups is 1. The summed E-state index contributed by atoms with van der Waals surface area (Å²) in [4.78, 5) is 14.9. The van der Waals surface area contributed by atoms with E-state index in [0.29, 0.717) is 0 Å². The molecule has 6 nitrogen and oxygen atoms in total. The number of alkyl halides is 2. The predicted molar refractivity (Wildman–Crippen MR) is 94.0 cm³/mol. The number of likely N-dealkylation sites (tertiary alicyclic amines) is 2. The minimum Gasteiger partial charge on any atom is -0.445 e. The molecule has 8 heteroatoms. The lowest BCUT2D eigenvalue weighted by Gasteiger charge is -2.55. The van der Waals surface area contributed by atoms with Gasteiger partial charge < -0.3 is 14.6 Å². The SMILES string of the molecule is CC(C)(C)OC(O)N1CCC2(C1)N(C(=O)OCc1ccccc1)CC2(F)F. The van der Waals surface area contributed by atoms with E-state index in [4.69, 9.17) is 9.47 Å². The average molecular weight is 384 g/mol. The third kappa shape index (κ3) is 3.93. The summed E-state index contributed by atoms with van der Waals surface area (Å²) in [5.74, 6) is -3.03. The Morgan fingerprint density at radius 1 is 1.26 bits per heavy atom. The Hall–Kier alpha value is -1.77. The number of aliphatic hydroxyl groups excluding tert-OH is 1. The minimum atomic E-state index is -3.03. The van der Waals surface area contributed by atoms with Gasteiger partial charge in [0.1, 0.15) is 12.1 Å². The lowest BCUT2D eigenvalue weighted by atomic mass is 9.80. The maximum Gasteiger partial charge on any atom is 0.411 e. The molecule has 1 aromatic carbocycles. The molecule has 0 aromatic heterocycles. The van der Waals surface area contributed by atoms with Gasteiger partial charge in [0.25, 0.3) is 5.92 Å². The van der Waals surface area contributed by atoms with Gasteiger partial charge in [0.15, 0.2) is 0 Å². The van der Waals surface area contributed by atoms with Crippen LogP contribution in [0.15, 0.2) is 30.3 Å². The van der Waals surface area contributed by atoms with Crippen molar-refractivity contribution in [1.29, 1.82) is 0 Å². The minimum absolute atomic E-state index is 0.0251. The number of hydrogen-bond donors (Lipinski definition) is 1. The molecule has 1 amide bonds. The first-order valence-corrected chi connectivity index (χ1v) is 9.00. The summed E-state index contributed by atoms with van der Waals surface area (Å²) in [7, 11) is 0. The number of carbonyl (C=O) groups excluding carboxylic acids is 1. The van der Waals surface area contributed by atoms with Crippen LogP contribution in [0.4, 0.5) is 13.6 Å². The predicted octanol–water partition coefficient (Wildman–Crippen LogP) is 2.81. The highest BCUT2D eigenvalue weighted by molar-refractivity contribution is 5.71. The van der Waals surface area contributed by atoms with E-state index in [1.807, 2.05) is 18.2 Å². The van der Waals surface area contributed by atoms with Crippen LogP contribution >= 0.6 is 0 Å². The summed E-state index contributed by atoms with van der Waals surface area (Å²) in [6, 6.07) is 9.06. The zero-order chi connectivity index (χ0) is 19.9. The number of benzene rings is 1. The number of ether oxygens (including phenoxy) is 2. The fourth-order valence-corrected chi connectivity index (χ4v) is 3.56. The summed E-state index contributed by atoms with van der Waals surface area (Å²) in [6.45, 7) is 4.70. The molecular weight excluding hydrogens is 358 g/mol. The molecule has 1 N–H and O–H groups in total. The van der Waals surface area contributed by atoms with E-state index in [0.717, 1.165) is 10.5 Å². The van der Waals surface area contributed by atoms with Crippen molar-refractivity contribution in [2.24, 2.45) is 0 Å². The van der Waals surface area contributed by atoms with Gasteiger partial charge in [-0.05, 0) is 32.8 Å². The Labute approximate surface area is 157 Å². The number of nitrogens with zero attached hydrogens (tertiary/aromatic N) is 2. The van der Waals surface area contributed by atoms with Crippen LogP contribution in [0.3, 0.4) is 0 Å². The van der Waals surface area contributed by atoms with Crippen LogP contribution in [0.5, 0.6) is 0 Å². The van der Waals surface area contributed by atoms with Crippen molar-refractivity contribution >= 4 is 6.09 Å². The number of amides is 1. The lowest BCUT2D eigenvalue weighted by molar-refractivity contribution is -0.254. The van der Waals surface area contributed by atoms with E-state index >= 15 is 0 Å². The molecule has 2 atom stereocenters. The second-order valence-corrected chi connectivity index (χ2v) is 8.14. The lowest BCUT2D eigenvalue weighted by Crippen LogP contribution is -2.77. The summed E-state index contributed by atoms with van der Waals surface area (Å²) in [5.41, 5.74) is -1.50. The summed E-state index contributed by atoms with van der Waals surface area (Å²) >= 11 is 0. The molecule has 27 heavy (non-hydrogen) atoms. The number of hydrogen-bond acceptors (Lipinski definition) is 5. The average Bonchev–Trinajstić information content (AvgIpc) is 3.06. The molecule has 2 fully saturated rings. The van der Waals surface area contributed by atoms with Crippen LogP contribution in [0.25, 0.3) is 0 Å². The Morgan fingerprint density at radius 3 is 2.52 bits per heavy atom. The van der Waals surface area contributed by atoms with E-state index in [1.54, 1.807) is 32.9 Å². The first kappa shape index (κ1) is 20.0. The molecule has 2 unspecified atom stereocenters. The maximum absolute atomic E-state index is 14.4. The highest BCUT2D eigenvalue weighted by Gasteiger charge is 2.71. The van der Waals surface area contributed by atoms with E-state index < -0.39 is 36.1 Å². The molecule has 3 rings (SSSR count). The number of halogens is 2. The molecule has 0 aliphatic carbocycles. The van der Waals surface area contributed by atoms with Crippen molar-refractivity contribution in [3.05, 3.63) is 35.9 Å². The normalized spacial score (nSPS) is 26.1. The highest BCUT2D eigenvalue weighted by Crippen LogP contribution is 2.50. The van der Waals surface area contributed by atoms with Gasteiger partial charge >= 0.3 is 6.09 Å². The second-order valence-electron chi connectivity index (χ2n) is 8.14. The summed E-state index contributed by atoms with van der Waals surface area (Å²) < 4.78 is 39.6. The fraction of sp³-hybridized carbons (Fsp3) is 0.632. The van der Waals surface area contributed by atoms with Gasteiger partial charge in [0.2, 0.25) is 6.41 Å². The summed E-state index contributed by atoms with van der Waals surface area (Å²) in [5, 5.41) is 10.2. The van der Waals surface area contributed by atoms with Crippen molar-refractivity contribution in [3.8, 4) is 0 Å². The van der Waals surface area contributed by atoms with Gasteiger partial charge in [0.05, 0.1) is 12.1 Å². The second kappa shape index (κ2) is 7.00. The Balaban J connectivity index is 1.65. The first-order chi connectivity index (χ1) is 12.5. The van der Waals surface area contributed by atoms with E-state index in [9.17, 15) is 18.7 Å². The van der Waals surface area contributed by atoms with Crippen LogP contribution in [-0.4, -0.2) is 64.1 Å². The van der Waals surface area contributed by atoms with Crippen LogP contribution < -0.4 is 0 Å². The zero-order valence-electron chi connectivity index (χ0n) is 15.8. The Kier molecular flexibility index (Phi) is 5.18. The molecule has 150 valence electrons. The molecule has 1 spiro atoms. The van der Waals surface area contributed by atoms with Gasteiger partial charge in [-0.3, -0.25) is 9.80 Å². The van der Waals surface area contributed by atoms with Gasteiger partial charge in [-0.15, -0.1) is 0 Å². The molecule has 2 saturated heterocycles. The van der Waals surface area contributed by atoms with Crippen molar-refractivity contribution in [1.82, 2.24) is 9.80 Å². The molecule has 0 radical (unpaired) electrons. The Bertz CT molecular complexity index is 680. The van der Waals surface area contributed by atoms with Crippen molar-refractivity contribution in [2.45, 2.75) is 57.3 Å².